The van der Waals surface area contributed by atoms with Gasteiger partial charge in [0.05, 0.1) is 24.3 Å². The molecule has 4 rings (SSSR count). The molecule has 1 N–H and O–H groups in total. The standard InChI is InChI=1S/C38H45N3O6S/c1-6-47-33-19-21-35(22-20-33)48(44,45)41(32-17-15-29(4)16-18-32)27-37(42)40(26-31-13-10-14-34(23-31)46-5)36(38(43)39-25-28(2)3)24-30-11-8-7-9-12-30/h7-23,28,36H,6,24-27H2,1-5H3,(H,39,43)/t36-/m1/s1. The van der Waals surface area contributed by atoms with Gasteiger partial charge in [-0.2, -0.15) is 0 Å². The Morgan fingerprint density at radius 3 is 2.12 bits per heavy atom. The molecule has 0 heterocycles. The molecule has 10 heteroatoms. The van der Waals surface area contributed by atoms with Crippen LogP contribution < -0.4 is 19.1 Å². The van der Waals surface area contributed by atoms with Crippen LogP contribution in [0.15, 0.2) is 108 Å². The molecule has 9 nitrogen and oxygen atoms in total. The van der Waals surface area contributed by atoms with E-state index in [-0.39, 0.29) is 29.7 Å². The van der Waals surface area contributed by atoms with Crippen molar-refractivity contribution < 1.29 is 27.5 Å². The van der Waals surface area contributed by atoms with Crippen LogP contribution in [-0.2, 0) is 32.6 Å². The third-order valence-corrected chi connectivity index (χ3v) is 9.55. The fourth-order valence-corrected chi connectivity index (χ4v) is 6.60. The Morgan fingerprint density at radius 1 is 0.833 bits per heavy atom. The highest BCUT2D eigenvalue weighted by molar-refractivity contribution is 7.92. The number of carbonyl (C=O) groups excluding carboxylic acids is 2. The van der Waals surface area contributed by atoms with Crippen molar-refractivity contribution in [3.63, 3.8) is 0 Å². The van der Waals surface area contributed by atoms with Gasteiger partial charge in [-0.25, -0.2) is 8.42 Å². The number of benzene rings is 4. The van der Waals surface area contributed by atoms with Crippen LogP contribution in [0.2, 0.25) is 0 Å². The van der Waals surface area contributed by atoms with Gasteiger partial charge in [-0.1, -0.05) is 74.0 Å². The van der Waals surface area contributed by atoms with Crippen molar-refractivity contribution >= 4 is 27.5 Å². The lowest BCUT2D eigenvalue weighted by molar-refractivity contribution is -0.140. The summed E-state index contributed by atoms with van der Waals surface area (Å²) in [5.41, 5.74) is 2.86. The van der Waals surface area contributed by atoms with Crippen LogP contribution in [0.25, 0.3) is 0 Å². The third kappa shape index (κ3) is 9.60. The zero-order valence-corrected chi connectivity index (χ0v) is 29.1. The molecule has 0 spiro atoms. The molecule has 1 atom stereocenters. The van der Waals surface area contributed by atoms with Gasteiger partial charge in [-0.3, -0.25) is 13.9 Å². The smallest absolute Gasteiger partial charge is 0.264 e. The minimum atomic E-state index is -4.23. The van der Waals surface area contributed by atoms with Crippen molar-refractivity contribution in [2.45, 2.75) is 51.6 Å². The van der Waals surface area contributed by atoms with Crippen LogP contribution in [0, 0.1) is 12.8 Å². The molecular formula is C38H45N3O6S. The molecule has 4 aromatic rings. The minimum Gasteiger partial charge on any atom is -0.497 e. The molecule has 0 aromatic heterocycles. The molecule has 0 saturated carbocycles. The molecule has 48 heavy (non-hydrogen) atoms. The van der Waals surface area contributed by atoms with Crippen LogP contribution in [0.4, 0.5) is 5.69 Å². The van der Waals surface area contributed by atoms with Crippen LogP contribution in [0.5, 0.6) is 11.5 Å². The Balaban J connectivity index is 1.80. The molecule has 0 unspecified atom stereocenters. The van der Waals surface area contributed by atoms with Crippen LogP contribution in [-0.4, -0.2) is 58.0 Å². The molecule has 2 amide bonds. The summed E-state index contributed by atoms with van der Waals surface area (Å²) in [4.78, 5) is 30.1. The van der Waals surface area contributed by atoms with E-state index in [2.05, 4.69) is 5.32 Å². The topological polar surface area (TPSA) is 105 Å². The van der Waals surface area contributed by atoms with E-state index in [1.807, 2.05) is 70.2 Å². The van der Waals surface area contributed by atoms with Gasteiger partial charge in [0.15, 0.2) is 0 Å². The highest BCUT2D eigenvalue weighted by Crippen LogP contribution is 2.27. The summed E-state index contributed by atoms with van der Waals surface area (Å²) in [5, 5.41) is 3.01. The first kappa shape index (κ1) is 36.0. The number of rotatable bonds is 16. The van der Waals surface area contributed by atoms with E-state index in [1.165, 1.54) is 17.0 Å². The Kier molecular flexibility index (Phi) is 12.6. The van der Waals surface area contributed by atoms with Crippen molar-refractivity contribution in [2.75, 3.05) is 31.1 Å². The molecule has 4 aromatic carbocycles. The molecule has 0 bridgehead atoms. The molecule has 0 aliphatic carbocycles. The Hall–Kier alpha value is -4.83. The average molecular weight is 672 g/mol. The number of sulfonamides is 1. The monoisotopic (exact) mass is 671 g/mol. The summed E-state index contributed by atoms with van der Waals surface area (Å²) in [6, 6.07) is 28.9. The van der Waals surface area contributed by atoms with Gasteiger partial charge < -0.3 is 19.7 Å². The first-order chi connectivity index (χ1) is 23.0. The number of hydrogen-bond acceptors (Lipinski definition) is 6. The second kappa shape index (κ2) is 16.8. The number of anilines is 1. The summed E-state index contributed by atoms with van der Waals surface area (Å²) < 4.78 is 40.6. The number of hydrogen-bond donors (Lipinski definition) is 1. The average Bonchev–Trinajstić information content (AvgIpc) is 3.09. The maximum Gasteiger partial charge on any atom is 0.264 e. The number of nitrogens with zero attached hydrogens (tertiary/aromatic N) is 2. The Labute approximate surface area is 284 Å². The van der Waals surface area contributed by atoms with Gasteiger partial charge in [0, 0.05) is 19.5 Å². The normalized spacial score (nSPS) is 11.9. The largest absolute Gasteiger partial charge is 0.497 e. The summed E-state index contributed by atoms with van der Waals surface area (Å²) in [7, 11) is -2.67. The third-order valence-electron chi connectivity index (χ3n) is 7.77. The molecule has 0 radical (unpaired) electrons. The Morgan fingerprint density at radius 2 is 1.50 bits per heavy atom. The minimum absolute atomic E-state index is 0.00851. The second-order valence-corrected chi connectivity index (χ2v) is 13.8. The summed E-state index contributed by atoms with van der Waals surface area (Å²) in [5.74, 6) is 0.469. The first-order valence-corrected chi connectivity index (χ1v) is 17.5. The predicted molar refractivity (Wildman–Crippen MR) is 189 cm³/mol. The van der Waals surface area contributed by atoms with Crippen molar-refractivity contribution in [1.29, 1.82) is 0 Å². The first-order valence-electron chi connectivity index (χ1n) is 16.1. The van der Waals surface area contributed by atoms with Gasteiger partial charge in [0.2, 0.25) is 11.8 Å². The second-order valence-electron chi connectivity index (χ2n) is 12.0. The summed E-state index contributed by atoms with van der Waals surface area (Å²) in [6.45, 7) is 8.12. The molecule has 0 aliphatic heterocycles. The van der Waals surface area contributed by atoms with Gasteiger partial charge in [-0.05, 0) is 79.4 Å². The summed E-state index contributed by atoms with van der Waals surface area (Å²) >= 11 is 0. The van der Waals surface area contributed by atoms with E-state index in [9.17, 15) is 18.0 Å². The van der Waals surface area contributed by atoms with Crippen molar-refractivity contribution in [3.05, 3.63) is 120 Å². The van der Waals surface area contributed by atoms with Gasteiger partial charge in [-0.15, -0.1) is 0 Å². The SMILES string of the molecule is CCOc1ccc(S(=O)(=O)N(CC(=O)N(Cc2cccc(OC)c2)[C@H](Cc2ccccc2)C(=O)NCC(C)C)c2ccc(C)cc2)cc1. The highest BCUT2D eigenvalue weighted by atomic mass is 32.2. The zero-order chi connectivity index (χ0) is 34.7. The quantitative estimate of drug-likeness (QED) is 0.157. The van der Waals surface area contributed by atoms with E-state index in [4.69, 9.17) is 9.47 Å². The van der Waals surface area contributed by atoms with Gasteiger partial charge >= 0.3 is 0 Å². The Bertz CT molecular complexity index is 1740. The highest BCUT2D eigenvalue weighted by Gasteiger charge is 2.34. The van der Waals surface area contributed by atoms with Gasteiger partial charge in [0.25, 0.3) is 10.0 Å². The molecule has 0 fully saturated rings. The van der Waals surface area contributed by atoms with E-state index >= 15 is 0 Å². The lowest BCUT2D eigenvalue weighted by Gasteiger charge is -2.34. The zero-order valence-electron chi connectivity index (χ0n) is 28.3. The molecular weight excluding hydrogens is 627 g/mol. The van der Waals surface area contributed by atoms with Crippen molar-refractivity contribution in [2.24, 2.45) is 5.92 Å². The predicted octanol–water partition coefficient (Wildman–Crippen LogP) is 6.01. The number of methoxy groups -OCH3 is 1. The summed E-state index contributed by atoms with van der Waals surface area (Å²) in [6.07, 6.45) is 0.233. The van der Waals surface area contributed by atoms with E-state index in [0.717, 1.165) is 21.0 Å². The van der Waals surface area contributed by atoms with Crippen molar-refractivity contribution in [1.82, 2.24) is 10.2 Å². The maximum atomic E-state index is 14.6. The van der Waals surface area contributed by atoms with Crippen LogP contribution >= 0.6 is 0 Å². The van der Waals surface area contributed by atoms with Crippen LogP contribution in [0.1, 0.15) is 37.5 Å². The van der Waals surface area contributed by atoms with E-state index in [1.54, 1.807) is 55.6 Å². The van der Waals surface area contributed by atoms with Crippen LogP contribution in [0.3, 0.4) is 0 Å². The van der Waals surface area contributed by atoms with E-state index < -0.39 is 28.5 Å². The van der Waals surface area contributed by atoms with Crippen molar-refractivity contribution in [3.8, 4) is 11.5 Å². The lowest BCUT2D eigenvalue weighted by atomic mass is 10.0. The molecule has 0 saturated heterocycles. The molecule has 254 valence electrons. The lowest BCUT2D eigenvalue weighted by Crippen LogP contribution is -2.53. The fourth-order valence-electron chi connectivity index (χ4n) is 5.19. The number of ether oxygens (including phenoxy) is 2. The van der Waals surface area contributed by atoms with Gasteiger partial charge in [0.1, 0.15) is 24.1 Å². The molecule has 0 aliphatic rings. The number of nitrogens with one attached hydrogen (secondary N) is 1. The van der Waals surface area contributed by atoms with E-state index in [0.29, 0.717) is 30.3 Å². The number of carbonyl (C=O) groups is 2. The maximum absolute atomic E-state index is 14.6. The fraction of sp³-hybridized carbons (Fsp3) is 0.316. The number of aryl methyl sites for hydroxylation is 1. The number of amides is 2.